The highest BCUT2D eigenvalue weighted by atomic mass is 35.5. The Morgan fingerprint density at radius 3 is 2.47 bits per heavy atom. The minimum atomic E-state index is -3.79. The van der Waals surface area contributed by atoms with Crippen molar-refractivity contribution in [3.05, 3.63) is 53.1 Å². The molecule has 1 N–H and O–H groups in total. The third kappa shape index (κ3) is 4.21. The van der Waals surface area contributed by atoms with Crippen LogP contribution in [0.15, 0.2) is 47.4 Å². The zero-order valence-electron chi connectivity index (χ0n) is 17.6. The lowest BCUT2D eigenvalue weighted by Gasteiger charge is -2.33. The normalized spacial score (nSPS) is 15.2. The molecule has 1 fully saturated rings. The first-order chi connectivity index (χ1) is 15.2. The number of hydrogen-bond acceptors (Lipinski definition) is 5. The molecule has 0 aliphatic carbocycles. The first-order valence-electron chi connectivity index (χ1n) is 9.96. The Balaban J connectivity index is 1.54. The summed E-state index contributed by atoms with van der Waals surface area (Å²) in [4.78, 5) is 30.4. The van der Waals surface area contributed by atoms with Crippen LogP contribution in [-0.4, -0.2) is 65.2 Å². The number of anilines is 1. The molecular weight excluding hydrogens is 454 g/mol. The van der Waals surface area contributed by atoms with Crippen molar-refractivity contribution < 1.29 is 18.0 Å². The molecule has 1 aliphatic heterocycles. The van der Waals surface area contributed by atoms with E-state index in [2.05, 4.69) is 10.3 Å². The Morgan fingerprint density at radius 1 is 1.06 bits per heavy atom. The van der Waals surface area contributed by atoms with Gasteiger partial charge in [-0.3, -0.25) is 14.9 Å². The lowest BCUT2D eigenvalue weighted by Crippen LogP contribution is -2.49. The molecule has 0 saturated carbocycles. The number of carbonyl (C=O) groups excluding carboxylic acids is 2. The van der Waals surface area contributed by atoms with Crippen LogP contribution < -0.4 is 5.32 Å². The van der Waals surface area contributed by atoms with E-state index in [0.717, 1.165) is 5.52 Å². The summed E-state index contributed by atoms with van der Waals surface area (Å²) in [7, 11) is -2.03. The van der Waals surface area contributed by atoms with E-state index in [4.69, 9.17) is 11.6 Å². The summed E-state index contributed by atoms with van der Waals surface area (Å²) >= 11 is 6.01. The molecule has 0 unspecified atom stereocenters. The fraction of sp³-hybridized carbons (Fsp3) is 0.286. The minimum Gasteiger partial charge on any atom is -0.340 e. The van der Waals surface area contributed by atoms with E-state index in [9.17, 15) is 18.0 Å². The maximum atomic E-state index is 13.1. The van der Waals surface area contributed by atoms with Gasteiger partial charge in [-0.1, -0.05) is 17.7 Å². The van der Waals surface area contributed by atoms with Crippen LogP contribution in [0.25, 0.3) is 11.0 Å². The van der Waals surface area contributed by atoms with E-state index in [-0.39, 0.29) is 29.5 Å². The summed E-state index contributed by atoms with van der Waals surface area (Å²) < 4.78 is 29.2. The molecule has 2 aromatic carbocycles. The molecule has 2 amide bonds. The van der Waals surface area contributed by atoms with Crippen molar-refractivity contribution in [2.24, 2.45) is 7.05 Å². The SMILES string of the molecule is CC(=O)N1CCN(S(=O)(=O)c2cccc(C(=O)Nc3nc4cc(Cl)ccc4n3C)c2)CC1. The van der Waals surface area contributed by atoms with Crippen LogP contribution in [0.2, 0.25) is 5.02 Å². The largest absolute Gasteiger partial charge is 0.340 e. The Labute approximate surface area is 190 Å². The van der Waals surface area contributed by atoms with Crippen molar-refractivity contribution in [2.75, 3.05) is 31.5 Å². The van der Waals surface area contributed by atoms with Gasteiger partial charge in [-0.2, -0.15) is 4.31 Å². The maximum absolute atomic E-state index is 13.1. The number of aromatic nitrogens is 2. The van der Waals surface area contributed by atoms with Gasteiger partial charge in [0.1, 0.15) is 0 Å². The molecule has 1 saturated heterocycles. The van der Waals surface area contributed by atoms with Gasteiger partial charge in [0, 0.05) is 50.7 Å². The molecule has 3 aromatic rings. The molecule has 0 atom stereocenters. The van der Waals surface area contributed by atoms with E-state index in [1.807, 2.05) is 0 Å². The van der Waals surface area contributed by atoms with Crippen LogP contribution >= 0.6 is 11.6 Å². The summed E-state index contributed by atoms with van der Waals surface area (Å²) in [6, 6.07) is 11.1. The van der Waals surface area contributed by atoms with E-state index >= 15 is 0 Å². The van der Waals surface area contributed by atoms with Gasteiger partial charge in [-0.25, -0.2) is 13.4 Å². The van der Waals surface area contributed by atoms with E-state index in [0.29, 0.717) is 29.6 Å². The van der Waals surface area contributed by atoms with Crippen molar-refractivity contribution in [3.63, 3.8) is 0 Å². The number of piperazine rings is 1. The molecule has 0 radical (unpaired) electrons. The second kappa shape index (κ2) is 8.53. The topological polar surface area (TPSA) is 105 Å². The zero-order chi connectivity index (χ0) is 23.0. The number of sulfonamides is 1. The Bertz CT molecular complexity index is 1310. The van der Waals surface area contributed by atoms with Gasteiger partial charge in [-0.15, -0.1) is 0 Å². The number of rotatable bonds is 4. The fourth-order valence-corrected chi connectivity index (χ4v) is 5.28. The molecule has 4 rings (SSSR count). The average Bonchev–Trinajstić information content (AvgIpc) is 3.08. The number of aryl methyl sites for hydroxylation is 1. The number of nitrogens with zero attached hydrogens (tertiary/aromatic N) is 4. The summed E-state index contributed by atoms with van der Waals surface area (Å²) in [6.45, 7) is 2.56. The smallest absolute Gasteiger partial charge is 0.258 e. The molecule has 168 valence electrons. The van der Waals surface area contributed by atoms with Gasteiger partial charge >= 0.3 is 0 Å². The first-order valence-corrected chi connectivity index (χ1v) is 11.8. The number of imidazole rings is 1. The van der Waals surface area contributed by atoms with Gasteiger partial charge in [0.2, 0.25) is 21.9 Å². The molecule has 2 heterocycles. The van der Waals surface area contributed by atoms with Crippen LogP contribution in [0.5, 0.6) is 0 Å². The van der Waals surface area contributed by atoms with Crippen molar-refractivity contribution in [3.8, 4) is 0 Å². The number of benzene rings is 2. The molecule has 9 nitrogen and oxygen atoms in total. The maximum Gasteiger partial charge on any atom is 0.258 e. The minimum absolute atomic E-state index is 0.0261. The number of amides is 2. The van der Waals surface area contributed by atoms with Crippen LogP contribution in [0.3, 0.4) is 0 Å². The molecule has 11 heteroatoms. The highest BCUT2D eigenvalue weighted by Gasteiger charge is 2.29. The van der Waals surface area contributed by atoms with Crippen molar-refractivity contribution >= 4 is 50.4 Å². The Kier molecular flexibility index (Phi) is 5.93. The second-order valence-corrected chi connectivity index (χ2v) is 9.89. The van der Waals surface area contributed by atoms with Crippen LogP contribution in [0, 0.1) is 0 Å². The quantitative estimate of drug-likeness (QED) is 0.623. The van der Waals surface area contributed by atoms with Crippen molar-refractivity contribution in [1.29, 1.82) is 0 Å². The lowest BCUT2D eigenvalue weighted by molar-refractivity contribution is -0.129. The number of halogens is 1. The van der Waals surface area contributed by atoms with Gasteiger partial charge < -0.3 is 9.47 Å². The first kappa shape index (κ1) is 22.3. The lowest BCUT2D eigenvalue weighted by atomic mass is 10.2. The molecule has 1 aliphatic rings. The van der Waals surface area contributed by atoms with Crippen molar-refractivity contribution in [2.45, 2.75) is 11.8 Å². The third-order valence-corrected chi connectivity index (χ3v) is 7.62. The van der Waals surface area contributed by atoms with E-state index in [1.165, 1.54) is 29.4 Å². The summed E-state index contributed by atoms with van der Waals surface area (Å²) in [5, 5.41) is 3.27. The number of hydrogen-bond donors (Lipinski definition) is 1. The van der Waals surface area contributed by atoms with E-state index < -0.39 is 15.9 Å². The fourth-order valence-electron chi connectivity index (χ4n) is 3.65. The van der Waals surface area contributed by atoms with Crippen molar-refractivity contribution in [1.82, 2.24) is 18.8 Å². The van der Waals surface area contributed by atoms with Crippen LogP contribution in [0.1, 0.15) is 17.3 Å². The number of nitrogens with one attached hydrogen (secondary N) is 1. The number of carbonyl (C=O) groups is 2. The van der Waals surface area contributed by atoms with Gasteiger partial charge in [0.25, 0.3) is 5.91 Å². The summed E-state index contributed by atoms with van der Waals surface area (Å²) in [5.74, 6) is -0.237. The monoisotopic (exact) mass is 475 g/mol. The van der Waals surface area contributed by atoms with Gasteiger partial charge in [0.15, 0.2) is 0 Å². The highest BCUT2D eigenvalue weighted by molar-refractivity contribution is 7.89. The molecule has 1 aromatic heterocycles. The van der Waals surface area contributed by atoms with Gasteiger partial charge in [-0.05, 0) is 36.4 Å². The van der Waals surface area contributed by atoms with Gasteiger partial charge in [0.05, 0.1) is 15.9 Å². The highest BCUT2D eigenvalue weighted by Crippen LogP contribution is 2.23. The summed E-state index contributed by atoms with van der Waals surface area (Å²) in [6.07, 6.45) is 0. The molecule has 0 bridgehead atoms. The molecular formula is C21H22ClN5O4S. The zero-order valence-corrected chi connectivity index (χ0v) is 19.2. The number of fused-ring (bicyclic) bond motifs is 1. The predicted molar refractivity (Wildman–Crippen MR) is 121 cm³/mol. The van der Waals surface area contributed by atoms with E-state index in [1.54, 1.807) is 40.8 Å². The predicted octanol–water partition coefficient (Wildman–Crippen LogP) is 2.33. The third-order valence-electron chi connectivity index (χ3n) is 5.49. The Morgan fingerprint density at radius 2 is 1.78 bits per heavy atom. The standard InChI is InChI=1S/C21H22ClN5O4S/c1-14(28)26-8-10-27(11-9-26)32(30,31)17-5-3-4-15(12-17)20(29)24-21-23-18-13-16(22)6-7-19(18)25(21)2/h3-7,12-13H,8-11H2,1-2H3,(H,23,24,29). The molecule has 32 heavy (non-hydrogen) atoms. The Hall–Kier alpha value is -2.95. The average molecular weight is 476 g/mol. The van der Waals surface area contributed by atoms with Crippen LogP contribution in [0.4, 0.5) is 5.95 Å². The second-order valence-electron chi connectivity index (χ2n) is 7.52. The summed E-state index contributed by atoms with van der Waals surface area (Å²) in [5.41, 5.74) is 1.63. The molecule has 0 spiro atoms. The van der Waals surface area contributed by atoms with Crippen LogP contribution in [-0.2, 0) is 21.9 Å².